The lowest BCUT2D eigenvalue weighted by molar-refractivity contribution is -0.138. The van der Waals surface area contributed by atoms with Gasteiger partial charge < -0.3 is 14.5 Å². The van der Waals surface area contributed by atoms with Crippen LogP contribution in [0.4, 0.5) is 5.95 Å². The van der Waals surface area contributed by atoms with Crippen LogP contribution in [-0.2, 0) is 16.6 Å². The van der Waals surface area contributed by atoms with Gasteiger partial charge in [0.25, 0.3) is 0 Å². The normalized spacial score (nSPS) is 26.1. The third-order valence-electron chi connectivity index (χ3n) is 7.50. The molecule has 8 heteroatoms. The molecule has 0 bridgehead atoms. The first-order valence-corrected chi connectivity index (χ1v) is 12.1. The van der Waals surface area contributed by atoms with E-state index in [9.17, 15) is 4.79 Å². The second-order valence-electron chi connectivity index (χ2n) is 9.40. The summed E-state index contributed by atoms with van der Waals surface area (Å²) in [6, 6.07) is 2.02. The Labute approximate surface area is 190 Å². The first-order chi connectivity index (χ1) is 15.7. The SMILES string of the molecule is COC1CCC(C(=O)N2CCC[C@@H]2c2c(-c3ccnc(N4CCCC4)n3)cnn2C)CC1. The number of rotatable bonds is 5. The summed E-state index contributed by atoms with van der Waals surface area (Å²) in [4.78, 5) is 27.3. The first kappa shape index (κ1) is 21.4. The molecule has 2 aliphatic heterocycles. The molecule has 3 aliphatic rings. The minimum absolute atomic E-state index is 0.0513. The van der Waals surface area contributed by atoms with E-state index in [1.165, 1.54) is 12.8 Å². The summed E-state index contributed by atoms with van der Waals surface area (Å²) in [7, 11) is 3.75. The molecule has 1 aliphatic carbocycles. The van der Waals surface area contributed by atoms with E-state index in [-0.39, 0.29) is 12.0 Å². The Morgan fingerprint density at radius 2 is 1.84 bits per heavy atom. The third-order valence-corrected chi connectivity index (χ3v) is 7.50. The van der Waals surface area contributed by atoms with Crippen molar-refractivity contribution in [1.29, 1.82) is 0 Å². The average Bonchev–Trinajstić information content (AvgIpc) is 3.59. The Morgan fingerprint density at radius 3 is 2.59 bits per heavy atom. The Bertz CT molecular complexity index is 946. The molecule has 1 atom stereocenters. The van der Waals surface area contributed by atoms with Gasteiger partial charge in [-0.3, -0.25) is 9.48 Å². The zero-order chi connectivity index (χ0) is 22.1. The van der Waals surface area contributed by atoms with Crippen LogP contribution in [0, 0.1) is 5.92 Å². The largest absolute Gasteiger partial charge is 0.381 e. The topological polar surface area (TPSA) is 76.4 Å². The van der Waals surface area contributed by atoms with E-state index < -0.39 is 0 Å². The van der Waals surface area contributed by atoms with Gasteiger partial charge in [-0.05, 0) is 57.4 Å². The highest BCUT2D eigenvalue weighted by Crippen LogP contribution is 2.39. The van der Waals surface area contributed by atoms with E-state index in [4.69, 9.17) is 9.72 Å². The minimum Gasteiger partial charge on any atom is -0.381 e. The monoisotopic (exact) mass is 438 g/mol. The molecule has 3 fully saturated rings. The van der Waals surface area contributed by atoms with Crippen molar-refractivity contribution in [3.8, 4) is 11.3 Å². The molecule has 5 rings (SSSR count). The summed E-state index contributed by atoms with van der Waals surface area (Å²) in [5, 5.41) is 4.58. The first-order valence-electron chi connectivity index (χ1n) is 12.1. The van der Waals surface area contributed by atoms with Gasteiger partial charge in [-0.1, -0.05) is 0 Å². The maximum Gasteiger partial charge on any atom is 0.226 e. The summed E-state index contributed by atoms with van der Waals surface area (Å²) in [5.41, 5.74) is 3.00. The average molecular weight is 439 g/mol. The lowest BCUT2D eigenvalue weighted by Crippen LogP contribution is -2.38. The maximum atomic E-state index is 13.5. The lowest BCUT2D eigenvalue weighted by Gasteiger charge is -2.33. The predicted octanol–water partition coefficient (Wildman–Crippen LogP) is 3.35. The number of carbonyl (C=O) groups excluding carboxylic acids is 1. The third kappa shape index (κ3) is 4.00. The van der Waals surface area contributed by atoms with Crippen molar-refractivity contribution in [1.82, 2.24) is 24.6 Å². The molecule has 0 N–H and O–H groups in total. The van der Waals surface area contributed by atoms with Crippen LogP contribution < -0.4 is 4.90 Å². The van der Waals surface area contributed by atoms with E-state index in [1.54, 1.807) is 7.11 Å². The molecule has 0 radical (unpaired) electrons. The van der Waals surface area contributed by atoms with Gasteiger partial charge in [0.1, 0.15) is 0 Å². The molecule has 1 amide bonds. The van der Waals surface area contributed by atoms with Crippen molar-refractivity contribution in [2.75, 3.05) is 31.6 Å². The number of carbonyl (C=O) groups is 1. The van der Waals surface area contributed by atoms with Crippen LogP contribution in [0.1, 0.15) is 63.1 Å². The molecular weight excluding hydrogens is 404 g/mol. The lowest BCUT2D eigenvalue weighted by atomic mass is 9.86. The van der Waals surface area contributed by atoms with E-state index in [2.05, 4.69) is 19.9 Å². The summed E-state index contributed by atoms with van der Waals surface area (Å²) < 4.78 is 7.44. The van der Waals surface area contributed by atoms with Crippen LogP contribution in [0.15, 0.2) is 18.5 Å². The molecule has 172 valence electrons. The summed E-state index contributed by atoms with van der Waals surface area (Å²) >= 11 is 0. The van der Waals surface area contributed by atoms with Crippen LogP contribution in [-0.4, -0.2) is 63.4 Å². The van der Waals surface area contributed by atoms with Gasteiger partial charge in [0.05, 0.1) is 29.7 Å². The minimum atomic E-state index is 0.0513. The summed E-state index contributed by atoms with van der Waals surface area (Å²) in [6.07, 6.45) is 12.2. The molecule has 2 aromatic rings. The van der Waals surface area contributed by atoms with Gasteiger partial charge in [0.15, 0.2) is 0 Å². The van der Waals surface area contributed by atoms with Gasteiger partial charge in [0, 0.05) is 51.5 Å². The summed E-state index contributed by atoms with van der Waals surface area (Å²) in [6.45, 7) is 2.85. The molecule has 32 heavy (non-hydrogen) atoms. The number of hydrogen-bond acceptors (Lipinski definition) is 6. The highest BCUT2D eigenvalue weighted by atomic mass is 16.5. The molecule has 4 heterocycles. The standard InChI is InChI=1S/C24H34N6O2/c1-28-22(19(16-26-28)20-11-12-25-24(27-20)29-13-3-4-14-29)21-6-5-15-30(21)23(31)17-7-9-18(32-2)10-8-17/h11-12,16-18,21H,3-10,13-15H2,1-2H3/t17?,18?,21-/m1/s1. The quantitative estimate of drug-likeness (QED) is 0.713. The molecular formula is C24H34N6O2. The number of aryl methyl sites for hydroxylation is 1. The fourth-order valence-electron chi connectivity index (χ4n) is 5.70. The number of hydrogen-bond donors (Lipinski definition) is 0. The molecule has 0 unspecified atom stereocenters. The smallest absolute Gasteiger partial charge is 0.226 e. The van der Waals surface area contributed by atoms with Crippen LogP contribution >= 0.6 is 0 Å². The number of likely N-dealkylation sites (tertiary alicyclic amines) is 1. The van der Waals surface area contributed by atoms with E-state index in [1.807, 2.05) is 30.2 Å². The fraction of sp³-hybridized carbons (Fsp3) is 0.667. The number of ether oxygens (including phenoxy) is 1. The van der Waals surface area contributed by atoms with Gasteiger partial charge in [0.2, 0.25) is 11.9 Å². The Kier molecular flexibility index (Phi) is 6.13. The maximum absolute atomic E-state index is 13.5. The van der Waals surface area contributed by atoms with Gasteiger partial charge in [-0.25, -0.2) is 9.97 Å². The molecule has 2 aromatic heterocycles. The van der Waals surface area contributed by atoms with Crippen molar-refractivity contribution in [2.45, 2.75) is 63.5 Å². The Balaban J connectivity index is 1.40. The molecule has 1 saturated carbocycles. The fourth-order valence-corrected chi connectivity index (χ4v) is 5.70. The second-order valence-corrected chi connectivity index (χ2v) is 9.40. The molecule has 0 aromatic carbocycles. The van der Waals surface area contributed by atoms with Crippen molar-refractivity contribution < 1.29 is 9.53 Å². The highest BCUT2D eigenvalue weighted by Gasteiger charge is 2.38. The van der Waals surface area contributed by atoms with Crippen LogP contribution in [0.5, 0.6) is 0 Å². The second kappa shape index (κ2) is 9.17. The number of methoxy groups -OCH3 is 1. The number of aromatic nitrogens is 4. The number of amides is 1. The zero-order valence-corrected chi connectivity index (χ0v) is 19.2. The number of nitrogens with zero attached hydrogens (tertiary/aromatic N) is 6. The van der Waals surface area contributed by atoms with E-state index in [0.29, 0.717) is 12.0 Å². The Hall–Kier alpha value is -2.48. The highest BCUT2D eigenvalue weighted by molar-refractivity contribution is 5.80. The van der Waals surface area contributed by atoms with Crippen molar-refractivity contribution >= 4 is 11.9 Å². The number of anilines is 1. The van der Waals surface area contributed by atoms with Crippen LogP contribution in [0.3, 0.4) is 0 Å². The molecule has 2 saturated heterocycles. The van der Waals surface area contributed by atoms with Gasteiger partial charge in [-0.15, -0.1) is 0 Å². The van der Waals surface area contributed by atoms with Gasteiger partial charge in [-0.2, -0.15) is 5.10 Å². The predicted molar refractivity (Wildman–Crippen MR) is 122 cm³/mol. The Morgan fingerprint density at radius 1 is 1.06 bits per heavy atom. The molecule has 0 spiro atoms. The van der Waals surface area contributed by atoms with Crippen LogP contribution in [0.25, 0.3) is 11.3 Å². The zero-order valence-electron chi connectivity index (χ0n) is 19.2. The van der Waals surface area contributed by atoms with E-state index in [0.717, 1.165) is 81.1 Å². The van der Waals surface area contributed by atoms with Crippen LogP contribution in [0.2, 0.25) is 0 Å². The van der Waals surface area contributed by atoms with Gasteiger partial charge >= 0.3 is 0 Å². The van der Waals surface area contributed by atoms with E-state index >= 15 is 0 Å². The summed E-state index contributed by atoms with van der Waals surface area (Å²) in [5.74, 6) is 1.21. The molecule has 8 nitrogen and oxygen atoms in total. The van der Waals surface area contributed by atoms with Crippen molar-refractivity contribution in [3.63, 3.8) is 0 Å². The van der Waals surface area contributed by atoms with Crippen molar-refractivity contribution in [2.24, 2.45) is 13.0 Å². The van der Waals surface area contributed by atoms with Crippen molar-refractivity contribution in [3.05, 3.63) is 24.2 Å².